The van der Waals surface area contributed by atoms with Gasteiger partial charge in [0.05, 0.1) is 6.57 Å². The monoisotopic (exact) mass is 322 g/mol. The Balaban J connectivity index is 2.19. The highest BCUT2D eigenvalue weighted by Gasteiger charge is 2.16. The first-order valence-electron chi connectivity index (χ1n) is 7.75. The first-order chi connectivity index (χ1) is 11.5. The van der Waals surface area contributed by atoms with Gasteiger partial charge in [-0.3, -0.25) is 0 Å². The molecule has 0 aliphatic carbocycles. The fourth-order valence-corrected chi connectivity index (χ4v) is 2.65. The minimum Gasteiger partial charge on any atom is -0.505 e. The summed E-state index contributed by atoms with van der Waals surface area (Å²) in [5.41, 5.74) is 3.93. The van der Waals surface area contributed by atoms with Crippen LogP contribution in [0, 0.1) is 6.57 Å². The van der Waals surface area contributed by atoms with E-state index < -0.39 is 0 Å². The van der Waals surface area contributed by atoms with Crippen LogP contribution < -0.4 is 0 Å². The molecule has 2 aromatic carbocycles. The Bertz CT molecular complexity index is 938. The zero-order valence-corrected chi connectivity index (χ0v) is 13.6. The molecule has 1 heterocycles. The summed E-state index contributed by atoms with van der Waals surface area (Å²) in [7, 11) is 0. The average Bonchev–Trinajstić information content (AvgIpc) is 2.98. The normalized spacial score (nSPS) is 11.1. The Kier molecular flexibility index (Phi) is 4.19. The van der Waals surface area contributed by atoms with Crippen molar-refractivity contribution in [2.24, 2.45) is 0 Å². The molecule has 0 atom stereocenters. The van der Waals surface area contributed by atoms with Crippen molar-refractivity contribution in [1.82, 2.24) is 15.0 Å². The highest BCUT2D eigenvalue weighted by atomic mass is 16.3. The molecular weight excluding hydrogens is 304 g/mol. The van der Waals surface area contributed by atoms with E-state index in [0.29, 0.717) is 28.8 Å². The number of hydrogen-bond donors (Lipinski definition) is 2. The van der Waals surface area contributed by atoms with E-state index in [1.54, 1.807) is 24.3 Å². The Labute approximate surface area is 139 Å². The van der Waals surface area contributed by atoms with Crippen molar-refractivity contribution >= 4 is 16.7 Å². The largest absolute Gasteiger partial charge is 0.505 e. The van der Waals surface area contributed by atoms with Gasteiger partial charge in [0.25, 0.3) is 0 Å². The number of aliphatic hydroxyl groups is 1. The lowest BCUT2D eigenvalue weighted by Gasteiger charge is -2.14. The number of aromatic hydroxyl groups is 1. The van der Waals surface area contributed by atoms with Gasteiger partial charge in [-0.05, 0) is 41.7 Å². The highest BCUT2D eigenvalue weighted by Crippen LogP contribution is 2.33. The lowest BCUT2D eigenvalue weighted by atomic mass is 9.97. The molecule has 24 heavy (non-hydrogen) atoms. The molecule has 0 fully saturated rings. The van der Waals surface area contributed by atoms with Crippen LogP contribution in [0.15, 0.2) is 30.3 Å². The van der Waals surface area contributed by atoms with Gasteiger partial charge in [-0.15, -0.1) is 15.0 Å². The molecule has 0 bridgehead atoms. The van der Waals surface area contributed by atoms with Crippen LogP contribution in [0.3, 0.4) is 0 Å². The number of rotatable bonds is 4. The first-order valence-corrected chi connectivity index (χ1v) is 7.75. The summed E-state index contributed by atoms with van der Waals surface area (Å²) < 4.78 is 0. The van der Waals surface area contributed by atoms with Gasteiger partial charge >= 0.3 is 0 Å². The SMILES string of the molecule is [C-]#[N+]c1ccc2nn(-c3cc(CCO)cc(C(C)C)c3O)nc2c1. The summed E-state index contributed by atoms with van der Waals surface area (Å²) in [5.74, 6) is 0.262. The molecule has 3 aromatic rings. The Morgan fingerprint density at radius 2 is 1.92 bits per heavy atom. The maximum Gasteiger partial charge on any atom is 0.189 e. The molecule has 6 nitrogen and oxygen atoms in total. The minimum atomic E-state index is 0.0324. The van der Waals surface area contributed by atoms with Crippen LogP contribution in [0.25, 0.3) is 21.6 Å². The molecule has 0 radical (unpaired) electrons. The van der Waals surface area contributed by atoms with Crippen molar-refractivity contribution in [3.8, 4) is 11.4 Å². The molecule has 0 saturated carbocycles. The van der Waals surface area contributed by atoms with E-state index in [-0.39, 0.29) is 18.3 Å². The summed E-state index contributed by atoms with van der Waals surface area (Å²) in [6.45, 7) is 11.1. The molecule has 2 N–H and O–H groups in total. The van der Waals surface area contributed by atoms with Crippen LogP contribution in [0.2, 0.25) is 0 Å². The summed E-state index contributed by atoms with van der Waals surface area (Å²) in [5, 5.41) is 28.6. The number of fused-ring (bicyclic) bond motifs is 1. The van der Waals surface area contributed by atoms with E-state index >= 15 is 0 Å². The highest BCUT2D eigenvalue weighted by molar-refractivity contribution is 5.78. The number of hydrogen-bond acceptors (Lipinski definition) is 4. The lowest BCUT2D eigenvalue weighted by molar-refractivity contribution is 0.299. The van der Waals surface area contributed by atoms with E-state index in [9.17, 15) is 10.2 Å². The number of nitrogens with zero attached hydrogens (tertiary/aromatic N) is 4. The van der Waals surface area contributed by atoms with E-state index in [2.05, 4.69) is 15.0 Å². The maximum atomic E-state index is 10.6. The van der Waals surface area contributed by atoms with Crippen molar-refractivity contribution < 1.29 is 10.2 Å². The third-order valence-electron chi connectivity index (χ3n) is 3.91. The molecule has 0 unspecified atom stereocenters. The molecule has 0 amide bonds. The predicted octanol–water partition coefficient (Wildman–Crippen LogP) is 3.34. The van der Waals surface area contributed by atoms with Crippen molar-refractivity contribution in [2.75, 3.05) is 6.61 Å². The van der Waals surface area contributed by atoms with Crippen LogP contribution >= 0.6 is 0 Å². The molecule has 0 aliphatic heterocycles. The molecule has 0 aliphatic rings. The quantitative estimate of drug-likeness (QED) is 0.722. The number of phenolic OH excluding ortho intramolecular Hbond substituents is 1. The zero-order valence-electron chi connectivity index (χ0n) is 13.6. The standard InChI is InChI=1S/C18H18N4O2/c1-11(2)14-8-12(6-7-23)9-17(18(14)24)22-20-15-5-4-13(19-3)10-16(15)21-22/h4-5,8-11,23-24H,6-7H2,1-2H3. The maximum absolute atomic E-state index is 10.6. The van der Waals surface area contributed by atoms with E-state index in [1.807, 2.05) is 19.9 Å². The summed E-state index contributed by atoms with van der Waals surface area (Å²) in [4.78, 5) is 4.78. The molecular formula is C18H18N4O2. The topological polar surface area (TPSA) is 75.5 Å². The fraction of sp³-hybridized carbons (Fsp3) is 0.278. The zero-order chi connectivity index (χ0) is 17.3. The van der Waals surface area contributed by atoms with Crippen LogP contribution in [0.5, 0.6) is 5.75 Å². The van der Waals surface area contributed by atoms with Crippen LogP contribution in [0.4, 0.5) is 5.69 Å². The predicted molar refractivity (Wildman–Crippen MR) is 91.7 cm³/mol. The van der Waals surface area contributed by atoms with Gasteiger partial charge in [0.2, 0.25) is 0 Å². The number of benzene rings is 2. The minimum absolute atomic E-state index is 0.0324. The molecule has 1 aromatic heterocycles. The van der Waals surface area contributed by atoms with Crippen molar-refractivity contribution in [2.45, 2.75) is 26.2 Å². The Hall–Kier alpha value is -2.91. The van der Waals surface area contributed by atoms with E-state index in [1.165, 1.54) is 4.80 Å². The number of phenols is 1. The molecule has 0 saturated heterocycles. The fourth-order valence-electron chi connectivity index (χ4n) is 2.65. The molecule has 3 rings (SSSR count). The lowest BCUT2D eigenvalue weighted by Crippen LogP contribution is -2.04. The third kappa shape index (κ3) is 2.82. The van der Waals surface area contributed by atoms with Crippen molar-refractivity contribution in [3.63, 3.8) is 0 Å². The van der Waals surface area contributed by atoms with Gasteiger partial charge in [-0.2, -0.15) is 0 Å². The van der Waals surface area contributed by atoms with Crippen LogP contribution in [0.1, 0.15) is 30.9 Å². The first kappa shape index (κ1) is 16.0. The number of aliphatic hydroxyl groups excluding tert-OH is 1. The van der Waals surface area contributed by atoms with E-state index in [0.717, 1.165) is 11.1 Å². The molecule has 6 heteroatoms. The summed E-state index contributed by atoms with van der Waals surface area (Å²) >= 11 is 0. The smallest absolute Gasteiger partial charge is 0.189 e. The number of aromatic nitrogens is 3. The van der Waals surface area contributed by atoms with Gasteiger partial charge in [-0.25, -0.2) is 4.85 Å². The Morgan fingerprint density at radius 1 is 1.17 bits per heavy atom. The Morgan fingerprint density at radius 3 is 2.58 bits per heavy atom. The summed E-state index contributed by atoms with van der Waals surface area (Å²) in [6.07, 6.45) is 0.496. The second-order valence-corrected chi connectivity index (χ2v) is 5.96. The molecule has 0 spiro atoms. The van der Waals surface area contributed by atoms with E-state index in [4.69, 9.17) is 6.57 Å². The van der Waals surface area contributed by atoms with Gasteiger partial charge in [0.15, 0.2) is 5.69 Å². The van der Waals surface area contributed by atoms with Crippen LogP contribution in [-0.4, -0.2) is 31.8 Å². The third-order valence-corrected chi connectivity index (χ3v) is 3.91. The summed E-state index contributed by atoms with van der Waals surface area (Å²) in [6, 6.07) is 8.79. The molecule has 122 valence electrons. The van der Waals surface area contributed by atoms with Gasteiger partial charge in [0.1, 0.15) is 22.5 Å². The van der Waals surface area contributed by atoms with Crippen LogP contribution in [-0.2, 0) is 6.42 Å². The van der Waals surface area contributed by atoms with Crippen molar-refractivity contribution in [1.29, 1.82) is 0 Å². The van der Waals surface area contributed by atoms with Gasteiger partial charge in [0, 0.05) is 6.61 Å². The average molecular weight is 322 g/mol. The second-order valence-electron chi connectivity index (χ2n) is 5.96. The van der Waals surface area contributed by atoms with Gasteiger partial charge in [-0.1, -0.05) is 26.0 Å². The second kappa shape index (κ2) is 6.30. The van der Waals surface area contributed by atoms with Crippen molar-refractivity contribution in [3.05, 3.63) is 52.9 Å². The van der Waals surface area contributed by atoms with Gasteiger partial charge < -0.3 is 10.2 Å².